The van der Waals surface area contributed by atoms with Gasteiger partial charge in [0.05, 0.1) is 11.5 Å². The van der Waals surface area contributed by atoms with Crippen molar-refractivity contribution < 1.29 is 9.72 Å². The lowest BCUT2D eigenvalue weighted by molar-refractivity contribution is -0.384. The van der Waals surface area contributed by atoms with E-state index in [0.717, 1.165) is 0 Å². The molecule has 0 heterocycles. The number of anilines is 2. The molecule has 1 rings (SSSR count). The lowest BCUT2D eigenvalue weighted by atomic mass is 10.1. The van der Waals surface area contributed by atoms with E-state index in [1.54, 1.807) is 0 Å². The number of non-ortho nitro benzene ring substituents is 1. The molecule has 19 heavy (non-hydrogen) atoms. The summed E-state index contributed by atoms with van der Waals surface area (Å²) >= 11 is 0. The summed E-state index contributed by atoms with van der Waals surface area (Å²) in [5.74, 6) is -0.197. The van der Waals surface area contributed by atoms with Crippen molar-refractivity contribution >= 4 is 23.0 Å². The second kappa shape index (κ2) is 5.55. The van der Waals surface area contributed by atoms with Gasteiger partial charge in [-0.3, -0.25) is 14.9 Å². The van der Waals surface area contributed by atoms with Crippen molar-refractivity contribution in [3.8, 4) is 0 Å². The first-order valence-corrected chi connectivity index (χ1v) is 5.77. The van der Waals surface area contributed by atoms with Gasteiger partial charge in [0.1, 0.15) is 0 Å². The Kier molecular flexibility index (Phi) is 4.31. The average molecular weight is 266 g/mol. The van der Waals surface area contributed by atoms with E-state index in [4.69, 9.17) is 5.73 Å². The van der Waals surface area contributed by atoms with E-state index in [9.17, 15) is 14.9 Å². The molecule has 4 N–H and O–H groups in total. The van der Waals surface area contributed by atoms with Gasteiger partial charge in [-0.2, -0.15) is 0 Å². The average Bonchev–Trinajstić information content (AvgIpc) is 2.23. The fraction of sp³-hybridized carbons (Fsp3) is 0.417. The Labute approximate surface area is 111 Å². The number of hydrogen-bond donors (Lipinski definition) is 3. The van der Waals surface area contributed by atoms with Crippen LogP contribution in [0.3, 0.4) is 0 Å². The van der Waals surface area contributed by atoms with Gasteiger partial charge in [-0.05, 0) is 26.8 Å². The molecule has 0 spiro atoms. The number of carbonyl (C=O) groups is 1. The highest BCUT2D eigenvalue weighted by molar-refractivity contribution is 5.81. The van der Waals surface area contributed by atoms with E-state index in [-0.39, 0.29) is 29.4 Å². The quantitative estimate of drug-likeness (QED) is 0.434. The number of hydrogen-bond acceptors (Lipinski definition) is 5. The monoisotopic (exact) mass is 266 g/mol. The van der Waals surface area contributed by atoms with Crippen molar-refractivity contribution in [3.63, 3.8) is 0 Å². The van der Waals surface area contributed by atoms with Gasteiger partial charge >= 0.3 is 0 Å². The third-order valence-corrected chi connectivity index (χ3v) is 2.12. The number of nitrogen functional groups attached to an aromatic ring is 1. The van der Waals surface area contributed by atoms with E-state index >= 15 is 0 Å². The summed E-state index contributed by atoms with van der Waals surface area (Å²) < 4.78 is 0. The van der Waals surface area contributed by atoms with Gasteiger partial charge in [-0.1, -0.05) is 0 Å². The summed E-state index contributed by atoms with van der Waals surface area (Å²) in [6.45, 7) is 5.64. The third kappa shape index (κ3) is 5.24. The van der Waals surface area contributed by atoms with E-state index in [0.29, 0.717) is 5.69 Å². The minimum atomic E-state index is -0.531. The van der Waals surface area contributed by atoms with Crippen molar-refractivity contribution in [1.29, 1.82) is 0 Å². The van der Waals surface area contributed by atoms with E-state index in [1.165, 1.54) is 18.2 Å². The molecule has 1 aromatic carbocycles. The lowest BCUT2D eigenvalue weighted by Crippen LogP contribution is -2.43. The number of amides is 1. The number of carbonyl (C=O) groups excluding carboxylic acids is 1. The van der Waals surface area contributed by atoms with Crippen LogP contribution in [0.1, 0.15) is 20.8 Å². The number of rotatable bonds is 4. The van der Waals surface area contributed by atoms with Crippen LogP contribution in [0.5, 0.6) is 0 Å². The van der Waals surface area contributed by atoms with Gasteiger partial charge in [0.15, 0.2) is 0 Å². The molecule has 0 radical (unpaired) electrons. The molecule has 0 atom stereocenters. The lowest BCUT2D eigenvalue weighted by Gasteiger charge is -2.20. The summed E-state index contributed by atoms with van der Waals surface area (Å²) in [5, 5.41) is 16.3. The maximum atomic E-state index is 11.6. The smallest absolute Gasteiger partial charge is 0.273 e. The van der Waals surface area contributed by atoms with Crippen molar-refractivity contribution in [2.75, 3.05) is 17.6 Å². The molecule has 7 nitrogen and oxygen atoms in total. The minimum absolute atomic E-state index is 0.0257. The maximum Gasteiger partial charge on any atom is 0.273 e. The van der Waals surface area contributed by atoms with Crippen LogP contribution in [0.25, 0.3) is 0 Å². The molecule has 0 fully saturated rings. The molecule has 1 aromatic rings. The SMILES string of the molecule is CC(C)(C)NC(=O)CNc1cc(N)cc([N+](=O)[O-])c1. The third-order valence-electron chi connectivity index (χ3n) is 2.12. The molecule has 0 saturated carbocycles. The molecule has 104 valence electrons. The molecule has 0 aromatic heterocycles. The summed E-state index contributed by atoms with van der Waals surface area (Å²) in [5.41, 5.74) is 5.84. The topological polar surface area (TPSA) is 110 Å². The molecular weight excluding hydrogens is 248 g/mol. The van der Waals surface area contributed by atoms with Crippen LogP contribution in [-0.2, 0) is 4.79 Å². The summed E-state index contributed by atoms with van der Waals surface area (Å²) in [6, 6.07) is 4.14. The van der Waals surface area contributed by atoms with E-state index in [2.05, 4.69) is 10.6 Å². The Balaban J connectivity index is 2.68. The largest absolute Gasteiger partial charge is 0.398 e. The van der Waals surface area contributed by atoms with E-state index in [1.807, 2.05) is 20.8 Å². The summed E-state index contributed by atoms with van der Waals surface area (Å²) in [6.07, 6.45) is 0. The van der Waals surface area contributed by atoms with Crippen LogP contribution in [0.2, 0.25) is 0 Å². The molecular formula is C12H18N4O3. The molecule has 0 saturated heterocycles. The van der Waals surface area contributed by atoms with Gasteiger partial charge < -0.3 is 16.4 Å². The Morgan fingerprint density at radius 2 is 2.00 bits per heavy atom. The fourth-order valence-corrected chi connectivity index (χ4v) is 1.49. The Morgan fingerprint density at radius 1 is 1.37 bits per heavy atom. The van der Waals surface area contributed by atoms with Gasteiger partial charge in [0.25, 0.3) is 5.69 Å². The van der Waals surface area contributed by atoms with Crippen LogP contribution in [0.4, 0.5) is 17.1 Å². The minimum Gasteiger partial charge on any atom is -0.398 e. The molecule has 0 aliphatic heterocycles. The van der Waals surface area contributed by atoms with Gasteiger partial charge in [-0.25, -0.2) is 0 Å². The van der Waals surface area contributed by atoms with Crippen LogP contribution >= 0.6 is 0 Å². The second-order valence-corrected chi connectivity index (χ2v) is 5.22. The van der Waals surface area contributed by atoms with Crippen molar-refractivity contribution in [2.24, 2.45) is 0 Å². The van der Waals surface area contributed by atoms with Gasteiger partial charge in [0.2, 0.25) is 5.91 Å². The molecule has 0 aliphatic carbocycles. The van der Waals surface area contributed by atoms with Crippen LogP contribution < -0.4 is 16.4 Å². The first-order valence-electron chi connectivity index (χ1n) is 5.77. The van der Waals surface area contributed by atoms with Crippen molar-refractivity contribution in [2.45, 2.75) is 26.3 Å². The van der Waals surface area contributed by atoms with E-state index < -0.39 is 4.92 Å². The highest BCUT2D eigenvalue weighted by atomic mass is 16.6. The van der Waals surface area contributed by atoms with Gasteiger partial charge in [-0.15, -0.1) is 0 Å². The highest BCUT2D eigenvalue weighted by Gasteiger charge is 2.14. The Morgan fingerprint density at radius 3 is 2.53 bits per heavy atom. The van der Waals surface area contributed by atoms with Crippen LogP contribution in [0.15, 0.2) is 18.2 Å². The molecule has 0 bridgehead atoms. The second-order valence-electron chi connectivity index (χ2n) is 5.22. The predicted molar refractivity (Wildman–Crippen MR) is 73.9 cm³/mol. The van der Waals surface area contributed by atoms with Crippen molar-refractivity contribution in [3.05, 3.63) is 28.3 Å². The Bertz CT molecular complexity index is 494. The number of nitrogens with two attached hydrogens (primary N) is 1. The first kappa shape index (κ1) is 14.7. The number of nitrogens with one attached hydrogen (secondary N) is 2. The predicted octanol–water partition coefficient (Wildman–Crippen LogP) is 1.50. The number of nitro groups is 1. The number of nitrogens with zero attached hydrogens (tertiary/aromatic N) is 1. The van der Waals surface area contributed by atoms with Crippen LogP contribution in [-0.4, -0.2) is 22.9 Å². The zero-order chi connectivity index (χ0) is 14.6. The van der Waals surface area contributed by atoms with Crippen molar-refractivity contribution in [1.82, 2.24) is 5.32 Å². The molecule has 1 amide bonds. The molecule has 0 aliphatic rings. The number of benzene rings is 1. The summed E-state index contributed by atoms with van der Waals surface area (Å²) in [4.78, 5) is 21.7. The zero-order valence-electron chi connectivity index (χ0n) is 11.2. The standard InChI is InChI=1S/C12H18N4O3/c1-12(2,3)15-11(17)7-14-9-4-8(13)5-10(6-9)16(18)19/h4-6,14H,7,13H2,1-3H3,(H,15,17). The molecule has 7 heteroatoms. The fourth-order valence-electron chi connectivity index (χ4n) is 1.49. The highest BCUT2D eigenvalue weighted by Crippen LogP contribution is 2.22. The Hall–Kier alpha value is -2.31. The number of nitro benzene ring substituents is 1. The maximum absolute atomic E-state index is 11.6. The zero-order valence-corrected chi connectivity index (χ0v) is 11.2. The summed E-state index contributed by atoms with van der Waals surface area (Å²) in [7, 11) is 0. The van der Waals surface area contributed by atoms with Crippen LogP contribution in [0, 0.1) is 10.1 Å². The molecule has 0 unspecified atom stereocenters. The first-order chi connectivity index (χ1) is 8.67. The van der Waals surface area contributed by atoms with Gasteiger partial charge in [0, 0.05) is 29.0 Å². The normalized spacial score (nSPS) is 10.9.